The zero-order chi connectivity index (χ0) is 27.7. The van der Waals surface area contributed by atoms with E-state index in [9.17, 15) is 17.4 Å². The number of aromatic nitrogens is 3. The predicted molar refractivity (Wildman–Crippen MR) is 145 cm³/mol. The van der Waals surface area contributed by atoms with Gasteiger partial charge in [-0.25, -0.2) is 9.97 Å². The van der Waals surface area contributed by atoms with Crippen molar-refractivity contribution in [3.05, 3.63) is 101 Å². The van der Waals surface area contributed by atoms with Crippen LogP contribution in [0.5, 0.6) is 5.75 Å². The molecule has 0 aliphatic carbocycles. The van der Waals surface area contributed by atoms with Gasteiger partial charge in [0.1, 0.15) is 30.1 Å². The van der Waals surface area contributed by atoms with Crippen LogP contribution in [-0.2, 0) is 43.0 Å². The van der Waals surface area contributed by atoms with E-state index in [1.165, 1.54) is 24.0 Å². The molecule has 0 radical (unpaired) electrons. The van der Waals surface area contributed by atoms with Crippen molar-refractivity contribution >= 4 is 23.0 Å². The number of rotatable bonds is 13. The van der Waals surface area contributed by atoms with Crippen LogP contribution >= 0.6 is 0 Å². The van der Waals surface area contributed by atoms with E-state index in [1.807, 2.05) is 18.3 Å². The lowest BCUT2D eigenvalue weighted by Crippen LogP contribution is -2.08. The summed E-state index contributed by atoms with van der Waals surface area (Å²) in [4.78, 5) is 8.71. The molecule has 6 nitrogen and oxygen atoms in total. The van der Waals surface area contributed by atoms with Gasteiger partial charge in [0.15, 0.2) is 0 Å². The van der Waals surface area contributed by atoms with Crippen LogP contribution in [-0.4, -0.2) is 30.8 Å². The molecule has 0 bridgehead atoms. The number of benzene rings is 2. The molecule has 0 aliphatic rings. The number of halogens is 3. The van der Waals surface area contributed by atoms with Crippen LogP contribution in [0.4, 0.5) is 13.2 Å². The molecule has 4 rings (SSSR count). The third-order valence-corrected chi connectivity index (χ3v) is 6.84. The van der Waals surface area contributed by atoms with E-state index in [2.05, 4.69) is 26.7 Å². The van der Waals surface area contributed by atoms with Gasteiger partial charge in [-0.05, 0) is 60.7 Å². The third kappa shape index (κ3) is 8.95. The fraction of sp³-hybridized carbons (Fsp3) is 0.310. The number of nitrogens with zero attached hydrogens (tertiary/aromatic N) is 3. The highest BCUT2D eigenvalue weighted by atomic mass is 32.2. The molecule has 0 saturated heterocycles. The molecule has 206 valence electrons. The molecule has 39 heavy (non-hydrogen) atoms. The number of unbranched alkanes of at least 4 members (excludes halogenated alkanes) is 1. The zero-order valence-electron chi connectivity index (χ0n) is 21.6. The highest BCUT2D eigenvalue weighted by molar-refractivity contribution is 7.84. The highest BCUT2D eigenvalue weighted by Gasteiger charge is 2.29. The second-order valence-electron chi connectivity index (χ2n) is 9.08. The molecule has 1 unspecified atom stereocenters. The van der Waals surface area contributed by atoms with Crippen LogP contribution in [0.25, 0.3) is 12.2 Å². The maximum absolute atomic E-state index is 12.7. The Hall–Kier alpha value is -3.66. The van der Waals surface area contributed by atoms with Crippen molar-refractivity contribution in [1.82, 2.24) is 14.5 Å². The minimum Gasteiger partial charge on any atom is -0.487 e. The van der Waals surface area contributed by atoms with Gasteiger partial charge < -0.3 is 13.7 Å². The van der Waals surface area contributed by atoms with E-state index < -0.39 is 22.5 Å². The highest BCUT2D eigenvalue weighted by Crippen LogP contribution is 2.29. The average Bonchev–Trinajstić information content (AvgIpc) is 3.57. The molecule has 2 heterocycles. The lowest BCUT2D eigenvalue weighted by molar-refractivity contribution is -0.137. The normalized spacial score (nSPS) is 12.7. The van der Waals surface area contributed by atoms with Crippen LogP contribution in [0, 0.1) is 0 Å². The fourth-order valence-electron chi connectivity index (χ4n) is 3.94. The number of hydrogen-bond donors (Lipinski definition) is 0. The number of aryl methyl sites for hydroxylation is 3. The minimum absolute atomic E-state index is 0.232. The maximum atomic E-state index is 12.7. The van der Waals surface area contributed by atoms with Crippen molar-refractivity contribution in [1.29, 1.82) is 0 Å². The summed E-state index contributed by atoms with van der Waals surface area (Å²) >= 11 is 0. The van der Waals surface area contributed by atoms with Crippen molar-refractivity contribution in [3.8, 4) is 5.75 Å². The summed E-state index contributed by atoms with van der Waals surface area (Å²) in [5, 5.41) is 0. The summed E-state index contributed by atoms with van der Waals surface area (Å²) in [7, 11) is -0.816. The van der Waals surface area contributed by atoms with Crippen molar-refractivity contribution < 1.29 is 26.5 Å². The Morgan fingerprint density at radius 3 is 2.51 bits per heavy atom. The van der Waals surface area contributed by atoms with Gasteiger partial charge >= 0.3 is 6.18 Å². The predicted octanol–water partition coefficient (Wildman–Crippen LogP) is 6.58. The molecule has 0 amide bonds. The van der Waals surface area contributed by atoms with E-state index in [-0.39, 0.29) is 6.61 Å². The van der Waals surface area contributed by atoms with Gasteiger partial charge in [-0.1, -0.05) is 24.3 Å². The van der Waals surface area contributed by atoms with E-state index in [0.29, 0.717) is 22.9 Å². The first kappa shape index (κ1) is 28.4. The number of alkyl halides is 3. The Morgan fingerprint density at radius 2 is 1.79 bits per heavy atom. The Balaban J connectivity index is 1.18. The molecular weight excluding hydrogens is 527 g/mol. The first-order chi connectivity index (χ1) is 18.8. The van der Waals surface area contributed by atoms with Crippen molar-refractivity contribution in [2.24, 2.45) is 0 Å². The lowest BCUT2D eigenvalue weighted by atomic mass is 10.1. The van der Waals surface area contributed by atoms with E-state index in [1.54, 1.807) is 24.6 Å². The molecule has 2 aromatic carbocycles. The fourth-order valence-corrected chi connectivity index (χ4v) is 4.41. The lowest BCUT2D eigenvalue weighted by Gasteiger charge is -2.08. The first-order valence-corrected chi connectivity index (χ1v) is 14.3. The Kier molecular flexibility index (Phi) is 9.75. The standard InChI is InChI=1S/C29H30F3N3O3S/c1-39(36)19-15-27-33-16-18-35(27)17-3-2-4-22-7-12-26(13-8-22)37-20-25-21-38-28(34-25)14-9-23-5-10-24(11-6-23)29(30,31)32/h5-14,16,18,21H,2-4,15,17,19-20H2,1H3. The Labute approximate surface area is 228 Å². The first-order valence-electron chi connectivity index (χ1n) is 12.6. The molecule has 1 atom stereocenters. The third-order valence-electron chi connectivity index (χ3n) is 6.07. The molecule has 0 spiro atoms. The van der Waals surface area contributed by atoms with Gasteiger partial charge in [0.05, 0.1) is 5.56 Å². The van der Waals surface area contributed by atoms with E-state index in [0.717, 1.165) is 55.9 Å². The van der Waals surface area contributed by atoms with Crippen molar-refractivity contribution in [3.63, 3.8) is 0 Å². The Morgan fingerprint density at radius 1 is 1.03 bits per heavy atom. The molecule has 0 fully saturated rings. The summed E-state index contributed by atoms with van der Waals surface area (Å²) in [5.41, 5.74) is 1.75. The number of ether oxygens (including phenoxy) is 1. The zero-order valence-corrected chi connectivity index (χ0v) is 22.4. The molecule has 0 aliphatic heterocycles. The quantitative estimate of drug-likeness (QED) is 0.174. The summed E-state index contributed by atoms with van der Waals surface area (Å²) in [6.45, 7) is 1.13. The van der Waals surface area contributed by atoms with Crippen LogP contribution in [0.1, 0.15) is 46.9 Å². The van der Waals surface area contributed by atoms with Crippen LogP contribution in [0.3, 0.4) is 0 Å². The van der Waals surface area contributed by atoms with Gasteiger partial charge in [0, 0.05) is 54.2 Å². The molecular formula is C29H30F3N3O3S. The monoisotopic (exact) mass is 557 g/mol. The molecule has 0 N–H and O–H groups in total. The SMILES string of the molecule is CS(=O)CCc1nccn1CCCCc1ccc(OCc2coc(C=Cc3ccc(C(F)(F)F)cc3)n2)cc1. The van der Waals surface area contributed by atoms with Gasteiger partial charge in [-0.15, -0.1) is 0 Å². The van der Waals surface area contributed by atoms with Crippen LogP contribution in [0.2, 0.25) is 0 Å². The average molecular weight is 558 g/mol. The van der Waals surface area contributed by atoms with Gasteiger partial charge in [-0.2, -0.15) is 13.2 Å². The summed E-state index contributed by atoms with van der Waals surface area (Å²) in [6.07, 6.45) is 9.62. The van der Waals surface area contributed by atoms with Gasteiger partial charge in [-0.3, -0.25) is 4.21 Å². The smallest absolute Gasteiger partial charge is 0.416 e. The topological polar surface area (TPSA) is 70.2 Å². The minimum atomic E-state index is -4.36. The summed E-state index contributed by atoms with van der Waals surface area (Å²) in [5.74, 6) is 2.68. The van der Waals surface area contributed by atoms with E-state index in [4.69, 9.17) is 9.15 Å². The molecule has 2 aromatic heterocycles. The number of hydrogen-bond acceptors (Lipinski definition) is 5. The molecule has 10 heteroatoms. The molecule has 4 aromatic rings. The summed E-state index contributed by atoms with van der Waals surface area (Å²) < 4.78 is 62.7. The molecule has 0 saturated carbocycles. The van der Waals surface area contributed by atoms with Gasteiger partial charge in [0.25, 0.3) is 0 Å². The van der Waals surface area contributed by atoms with Crippen molar-refractivity contribution in [2.45, 2.75) is 45.0 Å². The van der Waals surface area contributed by atoms with Gasteiger partial charge in [0.2, 0.25) is 5.89 Å². The second-order valence-corrected chi connectivity index (χ2v) is 10.6. The number of oxazole rings is 1. The van der Waals surface area contributed by atoms with E-state index >= 15 is 0 Å². The Bertz CT molecular complexity index is 1380. The van der Waals surface area contributed by atoms with Crippen LogP contribution < -0.4 is 4.74 Å². The number of imidazole rings is 1. The largest absolute Gasteiger partial charge is 0.487 e. The van der Waals surface area contributed by atoms with Crippen LogP contribution in [0.15, 0.2) is 71.6 Å². The summed E-state index contributed by atoms with van der Waals surface area (Å²) in [6, 6.07) is 12.8. The second kappa shape index (κ2) is 13.4. The maximum Gasteiger partial charge on any atom is 0.416 e. The van der Waals surface area contributed by atoms with Crippen molar-refractivity contribution in [2.75, 3.05) is 12.0 Å².